The summed E-state index contributed by atoms with van der Waals surface area (Å²) in [5.74, 6) is -0.183. The minimum absolute atomic E-state index is 0.140. The van der Waals surface area contributed by atoms with Gasteiger partial charge in [-0.05, 0) is 6.07 Å². The SMILES string of the molecule is COC1C=C([N+]2=CC(=C(N)c3ccccc3N)NN2)C=CC1C(=O)CN1CCOCC1. The van der Waals surface area contributed by atoms with Crippen molar-refractivity contribution < 1.29 is 19.0 Å². The number of methoxy groups -OCH3 is 1. The van der Waals surface area contributed by atoms with Crippen molar-refractivity contribution >= 4 is 23.4 Å². The van der Waals surface area contributed by atoms with Gasteiger partial charge in [0, 0.05) is 43.6 Å². The number of allylic oxidation sites excluding steroid dienone is 2. The molecule has 2 unspecified atom stereocenters. The van der Waals surface area contributed by atoms with E-state index in [0.29, 0.717) is 36.8 Å². The van der Waals surface area contributed by atoms with Crippen molar-refractivity contribution in [3.05, 3.63) is 59.5 Å². The predicted octanol–water partition coefficient (Wildman–Crippen LogP) is -0.0116. The Morgan fingerprint density at radius 2 is 2.10 bits per heavy atom. The minimum atomic E-state index is -0.348. The Labute approximate surface area is 181 Å². The molecule has 0 bridgehead atoms. The summed E-state index contributed by atoms with van der Waals surface area (Å²) in [6, 6.07) is 7.45. The van der Waals surface area contributed by atoms with Gasteiger partial charge in [0.15, 0.2) is 5.78 Å². The number of Topliss-reactive ketones (excluding diaryl/α,β-unsaturated/α-hetero) is 1. The summed E-state index contributed by atoms with van der Waals surface area (Å²) in [5, 5.41) is 0. The molecule has 2 aliphatic heterocycles. The average molecular weight is 426 g/mol. The van der Waals surface area contributed by atoms with E-state index in [1.165, 1.54) is 0 Å². The van der Waals surface area contributed by atoms with E-state index in [-0.39, 0.29) is 17.8 Å². The number of hydrogen-bond donors (Lipinski definition) is 4. The molecule has 2 atom stereocenters. The Kier molecular flexibility index (Phi) is 6.36. The molecule has 9 nitrogen and oxygen atoms in total. The number of hydrogen-bond acceptors (Lipinski definition) is 8. The molecule has 6 N–H and O–H groups in total. The van der Waals surface area contributed by atoms with E-state index in [9.17, 15) is 4.79 Å². The number of nitrogens with one attached hydrogen (secondary N) is 2. The summed E-state index contributed by atoms with van der Waals surface area (Å²) >= 11 is 0. The van der Waals surface area contributed by atoms with Gasteiger partial charge in [0.05, 0.1) is 37.5 Å². The lowest BCUT2D eigenvalue weighted by Crippen LogP contribution is -2.43. The van der Waals surface area contributed by atoms with Crippen molar-refractivity contribution in [2.45, 2.75) is 6.10 Å². The molecule has 0 spiro atoms. The molecule has 31 heavy (non-hydrogen) atoms. The number of carbonyl (C=O) groups is 1. The van der Waals surface area contributed by atoms with Gasteiger partial charge in [-0.2, -0.15) is 0 Å². The number of ether oxygens (including phenoxy) is 2. The number of nitrogens with two attached hydrogens (primary N) is 2. The maximum absolute atomic E-state index is 12.9. The normalized spacial score (nSPS) is 25.3. The van der Waals surface area contributed by atoms with Crippen LogP contribution >= 0.6 is 0 Å². The van der Waals surface area contributed by atoms with E-state index in [1.807, 2.05) is 48.7 Å². The van der Waals surface area contributed by atoms with E-state index < -0.39 is 0 Å². The second-order valence-corrected chi connectivity index (χ2v) is 7.68. The Hall–Kier alpha value is -3.14. The molecule has 0 radical (unpaired) electrons. The Morgan fingerprint density at radius 3 is 2.84 bits per heavy atom. The fourth-order valence-electron chi connectivity index (χ4n) is 3.87. The first kappa shape index (κ1) is 21.1. The summed E-state index contributed by atoms with van der Waals surface area (Å²) < 4.78 is 12.8. The molecule has 1 fully saturated rings. The Morgan fingerprint density at radius 1 is 1.32 bits per heavy atom. The zero-order valence-electron chi connectivity index (χ0n) is 17.6. The highest BCUT2D eigenvalue weighted by Crippen LogP contribution is 2.23. The van der Waals surface area contributed by atoms with Crippen LogP contribution in [0.4, 0.5) is 5.69 Å². The highest BCUT2D eigenvalue weighted by Gasteiger charge is 2.33. The number of rotatable bonds is 6. The second-order valence-electron chi connectivity index (χ2n) is 7.68. The summed E-state index contributed by atoms with van der Waals surface area (Å²) in [4.78, 5) is 15.0. The number of nitrogens with zero attached hydrogens (tertiary/aromatic N) is 2. The minimum Gasteiger partial charge on any atom is -0.398 e. The number of hydrazine groups is 2. The number of anilines is 1. The van der Waals surface area contributed by atoms with Gasteiger partial charge in [0.25, 0.3) is 0 Å². The quantitative estimate of drug-likeness (QED) is 0.371. The van der Waals surface area contributed by atoms with Crippen molar-refractivity contribution in [1.29, 1.82) is 0 Å². The van der Waals surface area contributed by atoms with Crippen LogP contribution in [-0.4, -0.2) is 67.6 Å². The molecular weight excluding hydrogens is 396 g/mol. The summed E-state index contributed by atoms with van der Waals surface area (Å²) in [6.07, 6.45) is 7.25. The molecule has 9 heteroatoms. The van der Waals surface area contributed by atoms with Crippen LogP contribution in [0.1, 0.15) is 5.56 Å². The molecule has 3 aliphatic rings. The van der Waals surface area contributed by atoms with Gasteiger partial charge < -0.3 is 20.9 Å². The van der Waals surface area contributed by atoms with E-state index >= 15 is 0 Å². The van der Waals surface area contributed by atoms with Gasteiger partial charge in [-0.1, -0.05) is 34.5 Å². The average Bonchev–Trinajstić information content (AvgIpc) is 3.29. The molecule has 1 aliphatic carbocycles. The monoisotopic (exact) mass is 425 g/mol. The van der Waals surface area contributed by atoms with Crippen LogP contribution < -0.4 is 22.4 Å². The van der Waals surface area contributed by atoms with Gasteiger partial charge in [-0.3, -0.25) is 9.69 Å². The van der Waals surface area contributed by atoms with Gasteiger partial charge in [-0.25, -0.2) is 5.43 Å². The highest BCUT2D eigenvalue weighted by atomic mass is 16.5. The van der Waals surface area contributed by atoms with E-state index in [2.05, 4.69) is 15.9 Å². The largest absolute Gasteiger partial charge is 0.398 e. The van der Waals surface area contributed by atoms with Gasteiger partial charge in [-0.15, -0.1) is 0 Å². The summed E-state index contributed by atoms with van der Waals surface area (Å²) in [6.45, 7) is 3.30. The fourth-order valence-corrected chi connectivity index (χ4v) is 3.87. The molecule has 1 aromatic carbocycles. The lowest BCUT2D eigenvalue weighted by Gasteiger charge is -2.29. The molecule has 4 rings (SSSR count). The Balaban J connectivity index is 1.49. The number of nitrogen functional groups attached to an aromatic ring is 1. The number of para-hydroxylation sites is 1. The molecule has 1 aromatic rings. The van der Waals surface area contributed by atoms with Gasteiger partial charge in [0.1, 0.15) is 5.70 Å². The third-order valence-corrected chi connectivity index (χ3v) is 5.68. The predicted molar refractivity (Wildman–Crippen MR) is 118 cm³/mol. The van der Waals surface area contributed by atoms with Crippen LogP contribution in [-0.2, 0) is 14.3 Å². The first-order valence-electron chi connectivity index (χ1n) is 10.3. The molecule has 2 heterocycles. The lowest BCUT2D eigenvalue weighted by molar-refractivity contribution is -0.532. The number of hydrazone groups is 1. The van der Waals surface area contributed by atoms with E-state index in [1.54, 1.807) is 11.8 Å². The maximum Gasteiger partial charge on any atom is 0.235 e. The molecular formula is C22H29N6O3+. The number of benzene rings is 1. The van der Waals surface area contributed by atoms with Crippen molar-refractivity contribution in [3.8, 4) is 0 Å². The fraction of sp³-hybridized carbons (Fsp3) is 0.364. The lowest BCUT2D eigenvalue weighted by atomic mass is 9.91. The third kappa shape index (κ3) is 4.63. The van der Waals surface area contributed by atoms with Crippen LogP contribution in [0, 0.1) is 5.92 Å². The van der Waals surface area contributed by atoms with Crippen LogP contribution in [0.25, 0.3) is 5.70 Å². The highest BCUT2D eigenvalue weighted by molar-refractivity contribution is 5.90. The topological polar surface area (TPSA) is 118 Å². The molecule has 1 saturated heterocycles. The maximum atomic E-state index is 12.9. The summed E-state index contributed by atoms with van der Waals surface area (Å²) in [7, 11) is 1.62. The van der Waals surface area contributed by atoms with Crippen molar-refractivity contribution in [3.63, 3.8) is 0 Å². The zero-order valence-corrected chi connectivity index (χ0v) is 17.6. The van der Waals surface area contributed by atoms with Gasteiger partial charge >= 0.3 is 0 Å². The standard InChI is InChI=1S/C22H28N6O3/c1-30-21-12-15(6-7-17(21)20(29)14-27-8-10-31-11-9-27)28-13-19(25-26-28)22(24)16-4-2-3-5-18(16)23/h2-7,12-13,17,21,25-26H,8-11,14H2,1H3,(H3,23,24)/p+1. The number of carbonyl (C=O) groups excluding carboxylic acids is 1. The molecule has 0 saturated carbocycles. The van der Waals surface area contributed by atoms with E-state index in [0.717, 1.165) is 24.4 Å². The first-order valence-corrected chi connectivity index (χ1v) is 10.3. The smallest absolute Gasteiger partial charge is 0.235 e. The zero-order chi connectivity index (χ0) is 21.8. The Bertz CT molecular complexity index is 962. The third-order valence-electron chi connectivity index (χ3n) is 5.68. The van der Waals surface area contributed by atoms with Crippen molar-refractivity contribution in [1.82, 2.24) is 15.9 Å². The van der Waals surface area contributed by atoms with Gasteiger partial charge in [0.2, 0.25) is 11.9 Å². The molecule has 0 amide bonds. The molecule has 164 valence electrons. The summed E-state index contributed by atoms with van der Waals surface area (Å²) in [5.41, 5.74) is 22.0. The van der Waals surface area contributed by atoms with Crippen LogP contribution in [0.15, 0.2) is 53.9 Å². The van der Waals surface area contributed by atoms with Crippen molar-refractivity contribution in [2.24, 2.45) is 11.7 Å². The number of ketones is 1. The van der Waals surface area contributed by atoms with Crippen molar-refractivity contribution in [2.75, 3.05) is 45.7 Å². The second kappa shape index (κ2) is 9.34. The van der Waals surface area contributed by atoms with Crippen LogP contribution in [0.5, 0.6) is 0 Å². The molecule has 0 aromatic heterocycles. The number of morpholine rings is 1. The van der Waals surface area contributed by atoms with Crippen LogP contribution in [0.3, 0.4) is 0 Å². The first-order chi connectivity index (χ1) is 15.1. The van der Waals surface area contributed by atoms with Crippen LogP contribution in [0.2, 0.25) is 0 Å². The van der Waals surface area contributed by atoms with E-state index in [4.69, 9.17) is 20.9 Å².